The molecule has 3 heterocycles. The van der Waals surface area contributed by atoms with E-state index in [4.69, 9.17) is 14.2 Å². The monoisotopic (exact) mass is 520 g/mol. The van der Waals surface area contributed by atoms with Gasteiger partial charge in [0.2, 0.25) is 0 Å². The van der Waals surface area contributed by atoms with E-state index < -0.39 is 21.6 Å². The highest BCUT2D eigenvalue weighted by Crippen LogP contribution is 2.44. The molecule has 1 aromatic heterocycles. The van der Waals surface area contributed by atoms with Gasteiger partial charge < -0.3 is 14.2 Å². The second-order valence-electron chi connectivity index (χ2n) is 8.67. The zero-order valence-corrected chi connectivity index (χ0v) is 19.9. The second kappa shape index (κ2) is 9.70. The van der Waals surface area contributed by atoms with Crippen molar-refractivity contribution in [1.82, 2.24) is 9.97 Å². The summed E-state index contributed by atoms with van der Waals surface area (Å²) in [5.74, 6) is 0.00243. The Balaban J connectivity index is 1.49. The Labute approximate surface area is 206 Å². The molecule has 1 saturated heterocycles. The van der Waals surface area contributed by atoms with Gasteiger partial charge in [0.15, 0.2) is 9.84 Å². The smallest absolute Gasteiger partial charge is 0.416 e. The molecule has 0 spiro atoms. The molecule has 11 heteroatoms. The summed E-state index contributed by atoms with van der Waals surface area (Å²) in [6, 6.07) is 9.69. The molecule has 0 amide bonds. The van der Waals surface area contributed by atoms with Gasteiger partial charge in [-0.15, -0.1) is 0 Å². The summed E-state index contributed by atoms with van der Waals surface area (Å²) in [7, 11) is -3.74. The van der Waals surface area contributed by atoms with Crippen molar-refractivity contribution in [2.24, 2.45) is 0 Å². The predicted octanol–water partition coefficient (Wildman–Crippen LogP) is 4.55. The Morgan fingerprint density at radius 3 is 2.50 bits per heavy atom. The molecule has 0 N–H and O–H groups in total. The molecule has 5 rings (SSSR count). The maximum absolute atomic E-state index is 13.4. The van der Waals surface area contributed by atoms with Gasteiger partial charge in [-0.2, -0.15) is 13.2 Å². The first-order chi connectivity index (χ1) is 17.2. The highest BCUT2D eigenvalue weighted by atomic mass is 32.2. The first-order valence-electron chi connectivity index (χ1n) is 11.4. The first-order valence-corrected chi connectivity index (χ1v) is 13.1. The molecule has 7 nitrogen and oxygen atoms in total. The third kappa shape index (κ3) is 5.17. The molecule has 190 valence electrons. The third-order valence-corrected chi connectivity index (χ3v) is 7.83. The maximum Gasteiger partial charge on any atom is 0.416 e. The van der Waals surface area contributed by atoms with Gasteiger partial charge in [0.1, 0.15) is 29.2 Å². The summed E-state index contributed by atoms with van der Waals surface area (Å²) >= 11 is 0. The summed E-state index contributed by atoms with van der Waals surface area (Å²) in [6.45, 7) is 1.08. The van der Waals surface area contributed by atoms with Gasteiger partial charge in [-0.3, -0.25) is 0 Å². The van der Waals surface area contributed by atoms with Gasteiger partial charge in [0.25, 0.3) is 0 Å². The van der Waals surface area contributed by atoms with Crippen LogP contribution in [0.4, 0.5) is 13.2 Å². The van der Waals surface area contributed by atoms with E-state index in [-0.39, 0.29) is 40.9 Å². The minimum Gasteiger partial charge on any atom is -0.493 e. The lowest BCUT2D eigenvalue weighted by molar-refractivity contribution is -0.137. The van der Waals surface area contributed by atoms with Crippen molar-refractivity contribution in [2.75, 3.05) is 19.8 Å². The quantitative estimate of drug-likeness (QED) is 0.471. The zero-order valence-electron chi connectivity index (χ0n) is 19.1. The highest BCUT2D eigenvalue weighted by Gasteiger charge is 2.34. The molecular formula is C25H23F3N2O5S. The van der Waals surface area contributed by atoms with Crippen molar-refractivity contribution in [3.63, 3.8) is 0 Å². The molecule has 36 heavy (non-hydrogen) atoms. The average molecular weight is 521 g/mol. The molecule has 0 bridgehead atoms. The molecule has 2 aliphatic heterocycles. The SMILES string of the molecule is O=S(=O)(Cc1ncccn1)c1ccc2c(c1)OCC[C@@H]2c1ccc(C(F)(F)F)cc1O[C@H]1CCOC1. The van der Waals surface area contributed by atoms with Crippen molar-refractivity contribution in [2.45, 2.75) is 41.7 Å². The lowest BCUT2D eigenvalue weighted by atomic mass is 9.85. The van der Waals surface area contributed by atoms with E-state index in [0.717, 1.165) is 12.1 Å². The summed E-state index contributed by atoms with van der Waals surface area (Å²) in [5.41, 5.74) is 0.480. The zero-order chi connectivity index (χ0) is 25.3. The molecular weight excluding hydrogens is 497 g/mol. The number of hydrogen-bond donors (Lipinski definition) is 0. The minimum absolute atomic E-state index is 0.0568. The Morgan fingerprint density at radius 2 is 1.78 bits per heavy atom. The lowest BCUT2D eigenvalue weighted by Crippen LogP contribution is -2.21. The van der Waals surface area contributed by atoms with Crippen LogP contribution in [0.2, 0.25) is 0 Å². The van der Waals surface area contributed by atoms with E-state index in [1.165, 1.54) is 30.6 Å². The van der Waals surface area contributed by atoms with Gasteiger partial charge in [-0.25, -0.2) is 18.4 Å². The molecule has 0 saturated carbocycles. The second-order valence-corrected chi connectivity index (χ2v) is 10.7. The van der Waals surface area contributed by atoms with Crippen LogP contribution in [-0.2, 0) is 26.5 Å². The van der Waals surface area contributed by atoms with E-state index in [2.05, 4.69) is 9.97 Å². The fraction of sp³-hybridized carbons (Fsp3) is 0.360. The van der Waals surface area contributed by atoms with Crippen LogP contribution < -0.4 is 9.47 Å². The van der Waals surface area contributed by atoms with Crippen LogP contribution >= 0.6 is 0 Å². The number of benzene rings is 2. The standard InChI is InChI=1S/C25H23F3N2O5S/c26-25(27,28)16-2-4-21(23(12-16)35-17-6-10-33-14-17)19-7-11-34-22-13-18(3-5-20(19)22)36(31,32)15-24-29-8-1-9-30-24/h1-5,8-9,12-13,17,19H,6-7,10-11,14-15H2/t17-,19-/m0/s1. The summed E-state index contributed by atoms with van der Waals surface area (Å²) in [6.07, 6.45) is -0.812. The first kappa shape index (κ1) is 24.5. The van der Waals surface area contributed by atoms with Crippen LogP contribution in [0.1, 0.15) is 41.3 Å². The number of ether oxygens (including phenoxy) is 3. The van der Waals surface area contributed by atoms with Gasteiger partial charge in [-0.1, -0.05) is 12.1 Å². The van der Waals surface area contributed by atoms with Crippen LogP contribution in [0.25, 0.3) is 0 Å². The lowest BCUT2D eigenvalue weighted by Gasteiger charge is -2.29. The Morgan fingerprint density at radius 1 is 1.00 bits per heavy atom. The van der Waals surface area contributed by atoms with Crippen LogP contribution in [0.3, 0.4) is 0 Å². The summed E-state index contributed by atoms with van der Waals surface area (Å²) in [4.78, 5) is 8.02. The number of nitrogens with zero attached hydrogens (tertiary/aromatic N) is 2. The van der Waals surface area contributed by atoms with Crippen LogP contribution in [0.5, 0.6) is 11.5 Å². The number of alkyl halides is 3. The van der Waals surface area contributed by atoms with E-state index >= 15 is 0 Å². The van der Waals surface area contributed by atoms with E-state index in [9.17, 15) is 21.6 Å². The minimum atomic E-state index is -4.51. The van der Waals surface area contributed by atoms with E-state index in [0.29, 0.717) is 42.9 Å². The van der Waals surface area contributed by atoms with Crippen LogP contribution in [0.15, 0.2) is 59.8 Å². The fourth-order valence-corrected chi connectivity index (χ4v) is 5.65. The number of sulfone groups is 1. The third-order valence-electron chi connectivity index (χ3n) is 6.22. The highest BCUT2D eigenvalue weighted by molar-refractivity contribution is 7.90. The maximum atomic E-state index is 13.4. The van der Waals surface area contributed by atoms with Gasteiger partial charge >= 0.3 is 6.18 Å². The number of fused-ring (bicyclic) bond motifs is 1. The number of rotatable bonds is 6. The molecule has 2 aliphatic rings. The normalized spacial score (nSPS) is 20.0. The Bertz CT molecular complexity index is 1340. The van der Waals surface area contributed by atoms with Gasteiger partial charge in [0.05, 0.1) is 30.3 Å². The largest absolute Gasteiger partial charge is 0.493 e. The molecule has 1 fully saturated rings. The van der Waals surface area contributed by atoms with E-state index in [1.54, 1.807) is 12.1 Å². The van der Waals surface area contributed by atoms with Crippen LogP contribution in [0, 0.1) is 0 Å². The topological polar surface area (TPSA) is 87.6 Å². The van der Waals surface area contributed by atoms with Gasteiger partial charge in [0, 0.05) is 35.9 Å². The number of halogens is 3. The predicted molar refractivity (Wildman–Crippen MR) is 123 cm³/mol. The number of hydrogen-bond acceptors (Lipinski definition) is 7. The Hall–Kier alpha value is -3.18. The van der Waals surface area contributed by atoms with Crippen molar-refractivity contribution in [3.8, 4) is 11.5 Å². The molecule has 0 unspecified atom stereocenters. The molecule has 3 aromatic rings. The average Bonchev–Trinajstić information content (AvgIpc) is 3.36. The van der Waals surface area contributed by atoms with Crippen molar-refractivity contribution in [1.29, 1.82) is 0 Å². The molecule has 0 radical (unpaired) electrons. The van der Waals surface area contributed by atoms with Crippen LogP contribution in [-0.4, -0.2) is 44.3 Å². The molecule has 2 atom stereocenters. The van der Waals surface area contributed by atoms with E-state index in [1.807, 2.05) is 0 Å². The van der Waals surface area contributed by atoms with Crippen molar-refractivity contribution in [3.05, 3.63) is 77.4 Å². The molecule has 0 aliphatic carbocycles. The summed E-state index contributed by atoms with van der Waals surface area (Å²) in [5, 5.41) is 0. The molecule has 2 aromatic carbocycles. The fourth-order valence-electron chi connectivity index (χ4n) is 4.43. The summed E-state index contributed by atoms with van der Waals surface area (Å²) < 4.78 is 83.3. The van der Waals surface area contributed by atoms with Crippen molar-refractivity contribution < 1.29 is 35.8 Å². The van der Waals surface area contributed by atoms with Crippen molar-refractivity contribution >= 4 is 9.84 Å². The van der Waals surface area contributed by atoms with Gasteiger partial charge in [-0.05, 0) is 36.8 Å². The Kier molecular flexibility index (Phi) is 6.60. The number of aromatic nitrogens is 2.